The van der Waals surface area contributed by atoms with Crippen molar-refractivity contribution in [2.75, 3.05) is 6.26 Å². The molecule has 3 N–H and O–H groups in total. The summed E-state index contributed by atoms with van der Waals surface area (Å²) >= 11 is 1.24. The number of hydrogen-bond donors (Lipinski definition) is 2. The number of halogens is 3. The minimum Gasteiger partial charge on any atom is -0.367 e. The molecule has 4 nitrogen and oxygen atoms in total. The van der Waals surface area contributed by atoms with Crippen LogP contribution in [0.4, 0.5) is 13.2 Å². The van der Waals surface area contributed by atoms with E-state index >= 15 is 0 Å². The van der Waals surface area contributed by atoms with Gasteiger partial charge in [-0.15, -0.1) is 0 Å². The van der Waals surface area contributed by atoms with Crippen LogP contribution < -0.4 is 11.1 Å². The number of thioether (sulfide) groups is 1. The maximum Gasteiger partial charge on any atom is 0.416 e. The number of carbonyl (C=O) groups is 2. The van der Waals surface area contributed by atoms with E-state index in [1.54, 1.807) is 13.2 Å². The number of benzene rings is 1. The molecule has 2 atom stereocenters. The molecule has 0 spiro atoms. The quantitative estimate of drug-likeness (QED) is 0.868. The van der Waals surface area contributed by atoms with E-state index in [-0.39, 0.29) is 5.56 Å². The Hall–Kier alpha value is -1.70. The first-order chi connectivity index (χ1) is 10.0. The lowest BCUT2D eigenvalue weighted by Crippen LogP contribution is -2.54. The van der Waals surface area contributed by atoms with Gasteiger partial charge in [-0.2, -0.15) is 24.9 Å². The lowest BCUT2D eigenvalue weighted by Gasteiger charge is -2.29. The number of carbonyl (C=O) groups excluding carboxylic acids is 2. The summed E-state index contributed by atoms with van der Waals surface area (Å²) in [5, 5.41) is 1.97. The summed E-state index contributed by atoms with van der Waals surface area (Å²) in [4.78, 5) is 23.7. The van der Waals surface area contributed by atoms with E-state index in [9.17, 15) is 22.8 Å². The van der Waals surface area contributed by atoms with Gasteiger partial charge in [0.25, 0.3) is 0 Å². The van der Waals surface area contributed by atoms with Crippen LogP contribution in [-0.2, 0) is 21.3 Å². The Bertz CT molecular complexity index is 577. The summed E-state index contributed by atoms with van der Waals surface area (Å²) in [6, 6.07) is 4.19. The van der Waals surface area contributed by atoms with Crippen molar-refractivity contribution in [2.45, 2.75) is 30.8 Å². The fourth-order valence-electron chi connectivity index (χ4n) is 1.74. The van der Waals surface area contributed by atoms with Gasteiger partial charge in [0.2, 0.25) is 11.8 Å². The zero-order valence-corrected chi connectivity index (χ0v) is 13.1. The molecule has 0 fully saturated rings. The summed E-state index contributed by atoms with van der Waals surface area (Å²) in [7, 11) is 0. The second-order valence-corrected chi connectivity index (χ2v) is 6.11. The maximum atomic E-state index is 12.8. The van der Waals surface area contributed by atoms with Gasteiger partial charge < -0.3 is 11.1 Å². The van der Waals surface area contributed by atoms with Gasteiger partial charge in [-0.05, 0) is 37.8 Å². The zero-order valence-electron chi connectivity index (χ0n) is 12.3. The fourth-order valence-corrected chi connectivity index (χ4v) is 2.01. The molecule has 122 valence electrons. The normalized spacial score (nSPS) is 15.7. The Balaban J connectivity index is 3.26. The molecule has 0 aliphatic carbocycles. The predicted molar refractivity (Wildman–Crippen MR) is 79.1 cm³/mol. The van der Waals surface area contributed by atoms with Crippen LogP contribution in [0.5, 0.6) is 0 Å². The Labute approximate surface area is 130 Å². The lowest BCUT2D eigenvalue weighted by atomic mass is 9.89. The van der Waals surface area contributed by atoms with Gasteiger partial charge in [0, 0.05) is 0 Å². The third-order valence-corrected chi connectivity index (χ3v) is 4.28. The van der Waals surface area contributed by atoms with Crippen molar-refractivity contribution in [1.29, 1.82) is 0 Å². The van der Waals surface area contributed by atoms with Crippen LogP contribution >= 0.6 is 11.8 Å². The van der Waals surface area contributed by atoms with Crippen molar-refractivity contribution in [3.8, 4) is 0 Å². The van der Waals surface area contributed by atoms with Crippen molar-refractivity contribution in [3.63, 3.8) is 0 Å². The topological polar surface area (TPSA) is 72.2 Å². The number of hydrogen-bond acceptors (Lipinski definition) is 3. The summed E-state index contributed by atoms with van der Waals surface area (Å²) in [5.74, 6) is -1.42. The van der Waals surface area contributed by atoms with Gasteiger partial charge in [0.05, 0.1) is 10.8 Å². The van der Waals surface area contributed by atoms with E-state index in [0.717, 1.165) is 12.1 Å². The summed E-state index contributed by atoms with van der Waals surface area (Å²) in [6.07, 6.45) is -2.85. The van der Waals surface area contributed by atoms with Crippen LogP contribution in [0, 0.1) is 0 Å². The van der Waals surface area contributed by atoms with E-state index in [1.165, 1.54) is 30.8 Å². The van der Waals surface area contributed by atoms with Crippen molar-refractivity contribution in [1.82, 2.24) is 5.32 Å². The Morgan fingerprint density at radius 3 is 2.27 bits per heavy atom. The van der Waals surface area contributed by atoms with Gasteiger partial charge in [-0.25, -0.2) is 0 Å². The molecule has 8 heteroatoms. The standard InChI is InChI=1S/C14H17F3N2O2S/c1-8(22-3)11(20)19-13(2,12(18)21)9-5-4-6-10(7-9)14(15,16)17/h4-8H,1-3H3,(H2,18,21)(H,19,20). The second kappa shape index (κ2) is 6.60. The minimum absolute atomic E-state index is 0.0171. The molecule has 0 saturated heterocycles. The largest absolute Gasteiger partial charge is 0.416 e. The molecular formula is C14H17F3N2O2S. The fraction of sp³-hybridized carbons (Fsp3) is 0.429. The second-order valence-electron chi connectivity index (χ2n) is 4.93. The first kappa shape index (κ1) is 18.3. The third-order valence-electron chi connectivity index (χ3n) is 3.36. The first-order valence-corrected chi connectivity index (χ1v) is 7.63. The average molecular weight is 334 g/mol. The minimum atomic E-state index is -4.55. The Morgan fingerprint density at radius 2 is 1.82 bits per heavy atom. The molecule has 1 rings (SSSR count). The molecule has 22 heavy (non-hydrogen) atoms. The molecule has 2 amide bonds. The molecule has 0 saturated carbocycles. The van der Waals surface area contributed by atoms with Crippen LogP contribution in [0.25, 0.3) is 0 Å². The lowest BCUT2D eigenvalue weighted by molar-refractivity contribution is -0.138. The maximum absolute atomic E-state index is 12.8. The van der Waals surface area contributed by atoms with E-state index in [4.69, 9.17) is 5.73 Å². The predicted octanol–water partition coefficient (Wildman–Crippen LogP) is 2.27. The smallest absolute Gasteiger partial charge is 0.367 e. The van der Waals surface area contributed by atoms with Crippen molar-refractivity contribution < 1.29 is 22.8 Å². The van der Waals surface area contributed by atoms with Gasteiger partial charge in [0.1, 0.15) is 5.54 Å². The molecule has 2 unspecified atom stereocenters. The van der Waals surface area contributed by atoms with Crippen LogP contribution in [0.15, 0.2) is 24.3 Å². The third kappa shape index (κ3) is 3.94. The van der Waals surface area contributed by atoms with Crippen LogP contribution in [0.3, 0.4) is 0 Å². The van der Waals surface area contributed by atoms with Crippen LogP contribution in [-0.4, -0.2) is 23.3 Å². The summed E-state index contributed by atoms with van der Waals surface area (Å²) in [6.45, 7) is 2.91. The van der Waals surface area contributed by atoms with Gasteiger partial charge in [0.15, 0.2) is 0 Å². The molecule has 0 aliphatic heterocycles. The van der Waals surface area contributed by atoms with Crippen molar-refractivity contribution in [2.24, 2.45) is 5.73 Å². The van der Waals surface area contributed by atoms with E-state index in [2.05, 4.69) is 5.32 Å². The van der Waals surface area contributed by atoms with E-state index in [0.29, 0.717) is 0 Å². The molecule has 0 bridgehead atoms. The number of nitrogens with one attached hydrogen (secondary N) is 1. The summed E-state index contributed by atoms with van der Waals surface area (Å²) in [5.41, 5.74) is 2.66. The molecule has 0 heterocycles. The van der Waals surface area contributed by atoms with Gasteiger partial charge >= 0.3 is 6.18 Å². The van der Waals surface area contributed by atoms with Gasteiger partial charge in [-0.1, -0.05) is 12.1 Å². The van der Waals surface area contributed by atoms with Crippen molar-refractivity contribution >= 4 is 23.6 Å². The highest BCUT2D eigenvalue weighted by atomic mass is 32.2. The molecular weight excluding hydrogens is 317 g/mol. The zero-order chi connectivity index (χ0) is 17.1. The van der Waals surface area contributed by atoms with Crippen molar-refractivity contribution in [3.05, 3.63) is 35.4 Å². The molecule has 1 aromatic carbocycles. The van der Waals surface area contributed by atoms with Gasteiger partial charge in [-0.3, -0.25) is 9.59 Å². The molecule has 1 aromatic rings. The van der Waals surface area contributed by atoms with E-state index in [1.807, 2.05) is 0 Å². The number of amides is 2. The number of primary amides is 1. The Morgan fingerprint density at radius 1 is 1.27 bits per heavy atom. The first-order valence-electron chi connectivity index (χ1n) is 6.35. The van der Waals surface area contributed by atoms with Crippen LogP contribution in [0.1, 0.15) is 25.0 Å². The molecule has 0 radical (unpaired) electrons. The number of nitrogens with two attached hydrogens (primary N) is 1. The highest BCUT2D eigenvalue weighted by Crippen LogP contribution is 2.32. The van der Waals surface area contributed by atoms with E-state index < -0.39 is 34.3 Å². The highest BCUT2D eigenvalue weighted by molar-refractivity contribution is 7.99. The average Bonchev–Trinajstić information content (AvgIpc) is 2.45. The Kier molecular flexibility index (Phi) is 5.50. The number of rotatable bonds is 5. The highest BCUT2D eigenvalue weighted by Gasteiger charge is 2.38. The number of alkyl halides is 3. The monoisotopic (exact) mass is 334 g/mol. The molecule has 0 aliphatic rings. The summed E-state index contributed by atoms with van der Waals surface area (Å²) < 4.78 is 38.4. The molecule has 0 aromatic heterocycles. The van der Waals surface area contributed by atoms with Crippen LogP contribution in [0.2, 0.25) is 0 Å². The SMILES string of the molecule is CSC(C)C(=O)NC(C)(C(N)=O)c1cccc(C(F)(F)F)c1.